The minimum Gasteiger partial charge on any atom is -0.496 e. The summed E-state index contributed by atoms with van der Waals surface area (Å²) in [6.45, 7) is 20.2. The first-order valence-corrected chi connectivity index (χ1v) is 15.2. The van der Waals surface area contributed by atoms with Crippen molar-refractivity contribution in [2.75, 3.05) is 33.9 Å². The van der Waals surface area contributed by atoms with E-state index in [0.717, 1.165) is 42.4 Å². The van der Waals surface area contributed by atoms with E-state index in [4.69, 9.17) is 14.2 Å². The molecule has 4 rings (SSSR count). The van der Waals surface area contributed by atoms with Crippen molar-refractivity contribution in [1.82, 2.24) is 4.90 Å². The minimum atomic E-state index is 0.513. The molecule has 40 heavy (non-hydrogen) atoms. The highest BCUT2D eigenvalue weighted by atomic mass is 16.5. The Labute approximate surface area is 244 Å². The van der Waals surface area contributed by atoms with Gasteiger partial charge in [0.25, 0.3) is 0 Å². The highest BCUT2D eigenvalue weighted by Crippen LogP contribution is 2.35. The molecule has 0 bridgehead atoms. The van der Waals surface area contributed by atoms with Crippen LogP contribution in [-0.2, 0) is 13.0 Å². The zero-order valence-corrected chi connectivity index (χ0v) is 26.8. The second-order valence-electron chi connectivity index (χ2n) is 10.2. The first kappa shape index (κ1) is 33.2. The fourth-order valence-electron chi connectivity index (χ4n) is 5.32. The summed E-state index contributed by atoms with van der Waals surface area (Å²) in [4.78, 5) is 2.41. The van der Waals surface area contributed by atoms with Gasteiger partial charge in [0.15, 0.2) is 0 Å². The second kappa shape index (κ2) is 17.0. The summed E-state index contributed by atoms with van der Waals surface area (Å²) in [7, 11) is 3.92. The van der Waals surface area contributed by atoms with Gasteiger partial charge in [-0.1, -0.05) is 65.0 Å². The van der Waals surface area contributed by atoms with Crippen LogP contribution in [0.15, 0.2) is 48.5 Å². The first-order valence-electron chi connectivity index (χ1n) is 15.2. The third-order valence-corrected chi connectivity index (χ3v) is 7.56. The molecule has 4 nitrogen and oxygen atoms in total. The van der Waals surface area contributed by atoms with Crippen LogP contribution in [0.3, 0.4) is 0 Å². The Bertz CT molecular complexity index is 1190. The van der Waals surface area contributed by atoms with E-state index in [0.29, 0.717) is 12.5 Å². The average molecular weight is 548 g/mol. The Morgan fingerprint density at radius 1 is 0.800 bits per heavy atom. The van der Waals surface area contributed by atoms with Crippen LogP contribution in [0.2, 0.25) is 0 Å². The maximum atomic E-state index is 6.35. The van der Waals surface area contributed by atoms with Crippen molar-refractivity contribution in [3.8, 4) is 28.4 Å². The second-order valence-corrected chi connectivity index (χ2v) is 10.2. The summed E-state index contributed by atoms with van der Waals surface area (Å²) in [5, 5.41) is 0. The van der Waals surface area contributed by atoms with Crippen molar-refractivity contribution in [1.29, 1.82) is 0 Å². The molecule has 1 unspecified atom stereocenters. The number of hydrogen-bond donors (Lipinski definition) is 0. The van der Waals surface area contributed by atoms with E-state index >= 15 is 0 Å². The predicted octanol–water partition coefficient (Wildman–Crippen LogP) is 9.20. The van der Waals surface area contributed by atoms with Gasteiger partial charge in [-0.15, -0.1) is 0 Å². The normalized spacial score (nSPS) is 14.8. The van der Waals surface area contributed by atoms with Gasteiger partial charge in [0.1, 0.15) is 23.9 Å². The molecule has 0 aromatic heterocycles. The summed E-state index contributed by atoms with van der Waals surface area (Å²) >= 11 is 0. The van der Waals surface area contributed by atoms with Gasteiger partial charge in [-0.2, -0.15) is 0 Å². The van der Waals surface area contributed by atoms with Crippen molar-refractivity contribution >= 4 is 0 Å². The Hall–Kier alpha value is -2.98. The van der Waals surface area contributed by atoms with E-state index in [1.54, 1.807) is 7.11 Å². The molecule has 0 aliphatic carbocycles. The molecular formula is C36H53NO3. The van der Waals surface area contributed by atoms with Gasteiger partial charge in [0.05, 0.1) is 13.7 Å². The van der Waals surface area contributed by atoms with E-state index in [-0.39, 0.29) is 0 Å². The van der Waals surface area contributed by atoms with Crippen molar-refractivity contribution in [3.63, 3.8) is 0 Å². The van der Waals surface area contributed by atoms with Gasteiger partial charge in [-0.25, -0.2) is 0 Å². The van der Waals surface area contributed by atoms with Crippen LogP contribution in [0.1, 0.15) is 75.3 Å². The van der Waals surface area contributed by atoms with E-state index in [1.165, 1.54) is 52.8 Å². The number of nitrogens with zero attached hydrogens (tertiary/aromatic N) is 1. The highest BCUT2D eigenvalue weighted by molar-refractivity contribution is 5.73. The Balaban J connectivity index is 0.00000134. The van der Waals surface area contributed by atoms with E-state index in [9.17, 15) is 0 Å². The molecule has 0 radical (unpaired) electrons. The fraction of sp³-hybridized carbons (Fsp3) is 0.500. The quantitative estimate of drug-likeness (QED) is 0.267. The molecule has 0 N–H and O–H groups in total. The number of methoxy groups -OCH3 is 1. The van der Waals surface area contributed by atoms with E-state index in [1.807, 2.05) is 33.8 Å². The lowest BCUT2D eigenvalue weighted by molar-refractivity contribution is 0.150. The molecular weight excluding hydrogens is 494 g/mol. The molecule has 1 aliphatic heterocycles. The van der Waals surface area contributed by atoms with Crippen molar-refractivity contribution in [2.45, 2.75) is 81.3 Å². The summed E-state index contributed by atoms with van der Waals surface area (Å²) in [5.41, 5.74) is 8.39. The molecule has 1 heterocycles. The third kappa shape index (κ3) is 8.51. The summed E-state index contributed by atoms with van der Waals surface area (Å²) in [6, 6.07) is 17.1. The predicted molar refractivity (Wildman–Crippen MR) is 171 cm³/mol. The lowest BCUT2D eigenvalue weighted by atomic mass is 9.93. The van der Waals surface area contributed by atoms with Crippen LogP contribution in [0.5, 0.6) is 17.2 Å². The maximum absolute atomic E-state index is 6.35. The Morgan fingerprint density at radius 3 is 2.12 bits per heavy atom. The van der Waals surface area contributed by atoms with E-state index in [2.05, 4.69) is 82.1 Å². The average Bonchev–Trinajstić information content (AvgIpc) is 2.98. The van der Waals surface area contributed by atoms with Crippen LogP contribution in [0.25, 0.3) is 11.1 Å². The standard InChI is InChI=1S/C32H41NO3.2C2H6/c1-7-26-17-22(2)31(18-32(26)34-6)36-21-27-12-8-13-28(23(27)3)29-14-9-15-30(24(29)4)35-20-25-11-10-16-33(5)19-25;2*1-2/h8-9,12-15,17-18,25H,7,10-11,16,19-21H2,1-6H3;2*1-2H3. The van der Waals surface area contributed by atoms with Crippen LogP contribution in [0, 0.1) is 26.7 Å². The van der Waals surface area contributed by atoms with Gasteiger partial charge in [-0.3, -0.25) is 0 Å². The number of ether oxygens (including phenoxy) is 3. The van der Waals surface area contributed by atoms with E-state index < -0.39 is 0 Å². The SMILES string of the molecule is CC.CC.CCc1cc(C)c(OCc2cccc(-c3cccc(OCC4CCCN(C)C4)c3C)c2C)cc1OC. The van der Waals surface area contributed by atoms with Crippen molar-refractivity contribution < 1.29 is 14.2 Å². The summed E-state index contributed by atoms with van der Waals surface area (Å²) in [5.74, 6) is 3.34. The molecule has 1 aliphatic rings. The van der Waals surface area contributed by atoms with Gasteiger partial charge in [0, 0.05) is 18.5 Å². The number of benzene rings is 3. The minimum absolute atomic E-state index is 0.513. The van der Waals surface area contributed by atoms with Crippen LogP contribution < -0.4 is 14.2 Å². The maximum Gasteiger partial charge on any atom is 0.126 e. The molecule has 3 aromatic carbocycles. The van der Waals surface area contributed by atoms with Gasteiger partial charge in [-0.05, 0) is 105 Å². The molecule has 1 saturated heterocycles. The molecule has 220 valence electrons. The molecule has 0 amide bonds. The monoisotopic (exact) mass is 547 g/mol. The zero-order chi connectivity index (χ0) is 29.7. The zero-order valence-electron chi connectivity index (χ0n) is 26.8. The lowest BCUT2D eigenvalue weighted by Gasteiger charge is -2.29. The molecule has 4 heteroatoms. The third-order valence-electron chi connectivity index (χ3n) is 7.56. The number of piperidine rings is 1. The number of rotatable bonds is 9. The van der Waals surface area contributed by atoms with Crippen molar-refractivity contribution in [2.24, 2.45) is 5.92 Å². The van der Waals surface area contributed by atoms with Crippen molar-refractivity contribution in [3.05, 3.63) is 76.3 Å². The Kier molecular flexibility index (Phi) is 14.1. The Morgan fingerprint density at radius 2 is 1.48 bits per heavy atom. The smallest absolute Gasteiger partial charge is 0.126 e. The molecule has 1 atom stereocenters. The number of hydrogen-bond acceptors (Lipinski definition) is 4. The molecule has 1 fully saturated rings. The van der Waals surface area contributed by atoms with Gasteiger partial charge in [0.2, 0.25) is 0 Å². The van der Waals surface area contributed by atoms with Crippen LogP contribution >= 0.6 is 0 Å². The fourth-order valence-corrected chi connectivity index (χ4v) is 5.32. The molecule has 3 aromatic rings. The lowest BCUT2D eigenvalue weighted by Crippen LogP contribution is -2.34. The molecule has 0 saturated carbocycles. The largest absolute Gasteiger partial charge is 0.496 e. The molecule has 0 spiro atoms. The number of aryl methyl sites for hydroxylation is 2. The first-order chi connectivity index (χ1) is 19.4. The van der Waals surface area contributed by atoms with Gasteiger partial charge < -0.3 is 19.1 Å². The van der Waals surface area contributed by atoms with Crippen LogP contribution in [-0.4, -0.2) is 38.8 Å². The van der Waals surface area contributed by atoms with Gasteiger partial charge >= 0.3 is 0 Å². The highest BCUT2D eigenvalue weighted by Gasteiger charge is 2.19. The topological polar surface area (TPSA) is 30.9 Å². The summed E-state index contributed by atoms with van der Waals surface area (Å²) < 4.78 is 18.2. The summed E-state index contributed by atoms with van der Waals surface area (Å²) in [6.07, 6.45) is 3.44. The van der Waals surface area contributed by atoms with Crippen LogP contribution in [0.4, 0.5) is 0 Å². The number of likely N-dealkylation sites (tertiary alicyclic amines) is 1.